The van der Waals surface area contributed by atoms with Crippen molar-refractivity contribution in [1.29, 1.82) is 0 Å². The third-order valence-electron chi connectivity index (χ3n) is 5.60. The van der Waals surface area contributed by atoms with Crippen molar-refractivity contribution < 1.29 is 4.74 Å². The fourth-order valence-electron chi connectivity index (χ4n) is 4.40. The van der Waals surface area contributed by atoms with Crippen molar-refractivity contribution in [1.82, 2.24) is 5.32 Å². The molecule has 1 aliphatic carbocycles. The van der Waals surface area contributed by atoms with Gasteiger partial charge in [0.2, 0.25) is 0 Å². The summed E-state index contributed by atoms with van der Waals surface area (Å²) in [5, 5.41) is 3.52. The van der Waals surface area contributed by atoms with Crippen LogP contribution < -0.4 is 10.1 Å². The fourth-order valence-corrected chi connectivity index (χ4v) is 4.40. The summed E-state index contributed by atoms with van der Waals surface area (Å²) in [6.07, 6.45) is 4.81. The van der Waals surface area contributed by atoms with E-state index in [4.69, 9.17) is 4.74 Å². The van der Waals surface area contributed by atoms with Gasteiger partial charge in [0.1, 0.15) is 5.75 Å². The molecular weight excluding hydrogens is 282 g/mol. The first-order valence-electron chi connectivity index (χ1n) is 8.82. The number of benzene rings is 2. The van der Waals surface area contributed by atoms with E-state index in [-0.39, 0.29) is 0 Å². The zero-order valence-corrected chi connectivity index (χ0v) is 13.8. The van der Waals surface area contributed by atoms with Crippen molar-refractivity contribution in [2.24, 2.45) is 5.92 Å². The van der Waals surface area contributed by atoms with Gasteiger partial charge in [0.15, 0.2) is 0 Å². The molecule has 0 amide bonds. The number of fused-ring (bicyclic) bond motifs is 2. The van der Waals surface area contributed by atoms with Gasteiger partial charge in [0, 0.05) is 5.92 Å². The zero-order chi connectivity index (χ0) is 15.6. The van der Waals surface area contributed by atoms with Gasteiger partial charge in [-0.3, -0.25) is 0 Å². The van der Waals surface area contributed by atoms with Gasteiger partial charge in [-0.2, -0.15) is 0 Å². The number of ether oxygens (including phenoxy) is 1. The first-order valence-corrected chi connectivity index (χ1v) is 8.82. The lowest BCUT2D eigenvalue weighted by Crippen LogP contribution is -2.31. The van der Waals surface area contributed by atoms with E-state index in [1.165, 1.54) is 29.5 Å². The fraction of sp³-hybridized carbons (Fsp3) is 0.429. The average Bonchev–Trinajstić information content (AvgIpc) is 2.78. The lowest BCUT2D eigenvalue weighted by Gasteiger charge is -2.32. The number of rotatable bonds is 2. The Hall–Kier alpha value is -1.80. The number of piperidine rings is 1. The van der Waals surface area contributed by atoms with Crippen molar-refractivity contribution in [3.8, 4) is 5.75 Å². The van der Waals surface area contributed by atoms with Crippen LogP contribution in [0.5, 0.6) is 5.75 Å². The second kappa shape index (κ2) is 6.37. The Bertz CT molecular complexity index is 688. The van der Waals surface area contributed by atoms with Crippen molar-refractivity contribution >= 4 is 0 Å². The standard InChI is InChI=1S/C21H25NO/c1-23-18-9-8-16-7-6-15-4-2-3-5-19(15)21(20(16)14-18)17-10-12-22-13-11-17/h2-5,8-9,14,17,21-22H,6-7,10-13H2,1H3. The largest absolute Gasteiger partial charge is 0.497 e. The molecule has 23 heavy (non-hydrogen) atoms. The van der Waals surface area contributed by atoms with Crippen LogP contribution in [0.25, 0.3) is 0 Å². The van der Waals surface area contributed by atoms with Gasteiger partial charge < -0.3 is 10.1 Å². The maximum Gasteiger partial charge on any atom is 0.119 e. The Balaban J connectivity index is 1.86. The van der Waals surface area contributed by atoms with Crippen molar-refractivity contribution in [3.63, 3.8) is 0 Å². The lowest BCUT2D eigenvalue weighted by molar-refractivity contribution is 0.340. The number of hydrogen-bond acceptors (Lipinski definition) is 2. The summed E-state index contributed by atoms with van der Waals surface area (Å²) < 4.78 is 5.53. The molecule has 1 unspecified atom stereocenters. The molecule has 2 aliphatic rings. The van der Waals surface area contributed by atoms with E-state index in [1.54, 1.807) is 12.7 Å². The molecule has 0 saturated carbocycles. The van der Waals surface area contributed by atoms with Crippen LogP contribution >= 0.6 is 0 Å². The van der Waals surface area contributed by atoms with Crippen LogP contribution in [0.4, 0.5) is 0 Å². The van der Waals surface area contributed by atoms with Gasteiger partial charge in [-0.05, 0) is 79.1 Å². The Morgan fingerprint density at radius 3 is 2.43 bits per heavy atom. The normalized spacial score (nSPS) is 21.2. The summed E-state index contributed by atoms with van der Waals surface area (Å²) in [6, 6.07) is 15.8. The molecule has 0 radical (unpaired) electrons. The molecule has 1 saturated heterocycles. The molecular formula is C21H25NO. The van der Waals surface area contributed by atoms with Crippen LogP contribution in [0.3, 0.4) is 0 Å². The van der Waals surface area contributed by atoms with E-state index in [2.05, 4.69) is 47.8 Å². The van der Waals surface area contributed by atoms with E-state index in [1.807, 2.05) is 0 Å². The molecule has 4 rings (SSSR count). The summed E-state index contributed by atoms with van der Waals surface area (Å²) in [4.78, 5) is 0. The molecule has 2 aromatic carbocycles. The molecule has 2 heteroatoms. The van der Waals surface area contributed by atoms with Gasteiger partial charge in [-0.25, -0.2) is 0 Å². The summed E-state index contributed by atoms with van der Waals surface area (Å²) in [7, 11) is 1.77. The smallest absolute Gasteiger partial charge is 0.119 e. The molecule has 0 aromatic heterocycles. The Kier molecular flexibility index (Phi) is 4.09. The monoisotopic (exact) mass is 307 g/mol. The Labute approximate surface area is 138 Å². The minimum absolute atomic E-state index is 0.515. The van der Waals surface area contributed by atoms with Gasteiger partial charge in [-0.15, -0.1) is 0 Å². The van der Waals surface area contributed by atoms with E-state index in [0.29, 0.717) is 5.92 Å². The second-order valence-corrected chi connectivity index (χ2v) is 6.83. The molecule has 0 bridgehead atoms. The first-order chi connectivity index (χ1) is 11.4. The highest BCUT2D eigenvalue weighted by Gasteiger charge is 2.31. The summed E-state index contributed by atoms with van der Waals surface area (Å²) in [6.45, 7) is 2.28. The van der Waals surface area contributed by atoms with Gasteiger partial charge in [0.05, 0.1) is 7.11 Å². The van der Waals surface area contributed by atoms with Crippen molar-refractivity contribution in [2.45, 2.75) is 31.6 Å². The average molecular weight is 307 g/mol. The quantitative estimate of drug-likeness (QED) is 0.908. The van der Waals surface area contributed by atoms with Gasteiger partial charge in [-0.1, -0.05) is 30.3 Å². The van der Waals surface area contributed by atoms with E-state index >= 15 is 0 Å². The molecule has 2 nitrogen and oxygen atoms in total. The maximum absolute atomic E-state index is 5.53. The van der Waals surface area contributed by atoms with Crippen LogP contribution in [0, 0.1) is 5.92 Å². The second-order valence-electron chi connectivity index (χ2n) is 6.83. The SMILES string of the molecule is COc1ccc2c(c1)C(C1CCNCC1)c1ccccc1CC2. The number of methoxy groups -OCH3 is 1. The van der Waals surface area contributed by atoms with E-state index < -0.39 is 0 Å². The molecule has 2 aromatic rings. The highest BCUT2D eigenvalue weighted by molar-refractivity contribution is 5.48. The molecule has 0 spiro atoms. The third-order valence-corrected chi connectivity index (χ3v) is 5.60. The first kappa shape index (κ1) is 14.8. The highest BCUT2D eigenvalue weighted by Crippen LogP contribution is 2.43. The minimum Gasteiger partial charge on any atom is -0.497 e. The maximum atomic E-state index is 5.53. The molecule has 1 heterocycles. The molecule has 1 atom stereocenters. The third kappa shape index (κ3) is 2.76. The van der Waals surface area contributed by atoms with Crippen molar-refractivity contribution in [3.05, 3.63) is 64.7 Å². The van der Waals surface area contributed by atoms with Gasteiger partial charge in [0.25, 0.3) is 0 Å². The summed E-state index contributed by atoms with van der Waals surface area (Å²) in [5.74, 6) is 2.23. The van der Waals surface area contributed by atoms with Gasteiger partial charge >= 0.3 is 0 Å². The number of hydrogen-bond donors (Lipinski definition) is 1. The predicted octanol–water partition coefficient (Wildman–Crippen LogP) is 3.93. The topological polar surface area (TPSA) is 21.3 Å². The minimum atomic E-state index is 0.515. The van der Waals surface area contributed by atoms with E-state index in [0.717, 1.165) is 37.6 Å². The molecule has 120 valence electrons. The van der Waals surface area contributed by atoms with Crippen LogP contribution in [0.2, 0.25) is 0 Å². The van der Waals surface area contributed by atoms with Crippen LogP contribution in [-0.2, 0) is 12.8 Å². The van der Waals surface area contributed by atoms with Crippen LogP contribution in [-0.4, -0.2) is 20.2 Å². The van der Waals surface area contributed by atoms with Crippen molar-refractivity contribution in [2.75, 3.05) is 20.2 Å². The Morgan fingerprint density at radius 1 is 0.913 bits per heavy atom. The summed E-state index contributed by atoms with van der Waals surface area (Å²) >= 11 is 0. The van der Waals surface area contributed by atoms with Crippen LogP contribution in [0.15, 0.2) is 42.5 Å². The zero-order valence-electron chi connectivity index (χ0n) is 13.8. The van der Waals surface area contributed by atoms with E-state index in [9.17, 15) is 0 Å². The van der Waals surface area contributed by atoms with Crippen LogP contribution in [0.1, 0.15) is 41.0 Å². The predicted molar refractivity (Wildman–Crippen MR) is 94.3 cm³/mol. The Morgan fingerprint density at radius 2 is 1.65 bits per heavy atom. The molecule has 1 N–H and O–H groups in total. The number of aryl methyl sites for hydroxylation is 2. The number of nitrogens with one attached hydrogen (secondary N) is 1. The summed E-state index contributed by atoms with van der Waals surface area (Å²) in [5.41, 5.74) is 6.09. The molecule has 1 aliphatic heterocycles. The molecule has 1 fully saturated rings. The lowest BCUT2D eigenvalue weighted by atomic mass is 9.75. The highest BCUT2D eigenvalue weighted by atomic mass is 16.5.